The zero-order valence-electron chi connectivity index (χ0n) is 5.93. The highest BCUT2D eigenvalue weighted by Gasteiger charge is 2.49. The topological polar surface area (TPSA) is 66.8 Å². The molecule has 0 aromatic heterocycles. The first-order chi connectivity index (χ1) is 5.18. The predicted octanol–water partition coefficient (Wildman–Crippen LogP) is -0.956. The largest absolute Gasteiger partial charge is 0.459 e. The molecule has 0 aromatic carbocycles. The molecule has 0 aromatic rings. The number of hydrogen-bond acceptors (Lipinski definition) is 4. The number of carbonyl (C=O) groups excluding carboxylic acids is 1. The molecule has 0 spiro atoms. The summed E-state index contributed by atoms with van der Waals surface area (Å²) in [4.78, 5) is 10.7. The molecule has 4 nitrogen and oxygen atoms in total. The van der Waals surface area contributed by atoms with E-state index in [0.717, 1.165) is 0 Å². The van der Waals surface area contributed by atoms with E-state index in [0.29, 0.717) is 12.8 Å². The van der Waals surface area contributed by atoms with Crippen LogP contribution in [0.5, 0.6) is 0 Å². The van der Waals surface area contributed by atoms with Gasteiger partial charge in [0, 0.05) is 5.92 Å². The van der Waals surface area contributed by atoms with Gasteiger partial charge in [-0.15, -0.1) is 0 Å². The van der Waals surface area contributed by atoms with Gasteiger partial charge >= 0.3 is 5.97 Å². The third-order valence-corrected chi connectivity index (χ3v) is 2.44. The van der Waals surface area contributed by atoms with E-state index in [4.69, 9.17) is 9.84 Å². The Morgan fingerprint density at radius 2 is 2.18 bits per heavy atom. The highest BCUT2D eigenvalue weighted by Crippen LogP contribution is 2.36. The average molecular weight is 158 g/mol. The summed E-state index contributed by atoms with van der Waals surface area (Å²) >= 11 is 0. The molecule has 0 radical (unpaired) electrons. The first-order valence-corrected chi connectivity index (χ1v) is 3.74. The molecule has 4 heteroatoms. The summed E-state index contributed by atoms with van der Waals surface area (Å²) in [5, 5.41) is 18.4. The average Bonchev–Trinajstić information content (AvgIpc) is 2.37. The quantitative estimate of drug-likeness (QED) is 0.446. The molecule has 62 valence electrons. The van der Waals surface area contributed by atoms with E-state index in [1.807, 2.05) is 0 Å². The third-order valence-electron chi connectivity index (χ3n) is 2.44. The number of hydrogen-bond donors (Lipinski definition) is 2. The van der Waals surface area contributed by atoms with Crippen LogP contribution in [-0.4, -0.2) is 34.5 Å². The minimum absolute atomic E-state index is 0.0347. The molecule has 4 atom stereocenters. The van der Waals surface area contributed by atoms with Crippen molar-refractivity contribution in [3.05, 3.63) is 0 Å². The van der Waals surface area contributed by atoms with E-state index in [-0.39, 0.29) is 11.9 Å². The summed E-state index contributed by atoms with van der Waals surface area (Å²) < 4.78 is 4.82. The van der Waals surface area contributed by atoms with Gasteiger partial charge in [0.25, 0.3) is 0 Å². The zero-order valence-corrected chi connectivity index (χ0v) is 5.93. The fraction of sp³-hybridized carbons (Fsp3) is 0.857. The van der Waals surface area contributed by atoms with Gasteiger partial charge in [0.15, 0.2) is 0 Å². The molecule has 0 bridgehead atoms. The number of rotatable bonds is 0. The molecule has 11 heavy (non-hydrogen) atoms. The van der Waals surface area contributed by atoms with Gasteiger partial charge in [-0.2, -0.15) is 0 Å². The first kappa shape index (κ1) is 7.06. The van der Waals surface area contributed by atoms with Crippen LogP contribution < -0.4 is 0 Å². The van der Waals surface area contributed by atoms with Gasteiger partial charge in [-0.1, -0.05) is 0 Å². The molecule has 2 rings (SSSR count). The van der Waals surface area contributed by atoms with Crippen molar-refractivity contribution >= 4 is 5.97 Å². The third kappa shape index (κ3) is 0.937. The van der Waals surface area contributed by atoms with Crippen molar-refractivity contribution in [1.29, 1.82) is 0 Å². The van der Waals surface area contributed by atoms with Crippen LogP contribution in [0.15, 0.2) is 0 Å². The predicted molar refractivity (Wildman–Crippen MR) is 34.6 cm³/mol. The molecule has 2 fully saturated rings. The summed E-state index contributed by atoms with van der Waals surface area (Å²) in [6.45, 7) is 0. The highest BCUT2D eigenvalue weighted by molar-refractivity contribution is 5.72. The monoisotopic (exact) mass is 158 g/mol. The second-order valence-corrected chi connectivity index (χ2v) is 3.21. The minimum Gasteiger partial charge on any atom is -0.459 e. The van der Waals surface area contributed by atoms with Crippen LogP contribution >= 0.6 is 0 Å². The second kappa shape index (κ2) is 2.19. The smallest absolute Gasteiger partial charge is 0.306 e. The molecule has 2 aliphatic rings. The van der Waals surface area contributed by atoms with E-state index >= 15 is 0 Å². The lowest BCUT2D eigenvalue weighted by Gasteiger charge is -2.13. The Hall–Kier alpha value is -0.610. The van der Waals surface area contributed by atoms with Gasteiger partial charge in [0.2, 0.25) is 0 Å². The summed E-state index contributed by atoms with van der Waals surface area (Å²) in [6.07, 6.45) is -1.20. The van der Waals surface area contributed by atoms with E-state index in [2.05, 4.69) is 0 Å². The Balaban J connectivity index is 2.13. The number of fused-ring (bicyclic) bond motifs is 1. The SMILES string of the molecule is O=C1C[C@H]2C[C@H](O)[C@H](O)[C@H]2O1. The van der Waals surface area contributed by atoms with Crippen molar-refractivity contribution in [2.75, 3.05) is 0 Å². The highest BCUT2D eigenvalue weighted by atomic mass is 16.6. The second-order valence-electron chi connectivity index (χ2n) is 3.21. The molecule has 1 saturated heterocycles. The lowest BCUT2D eigenvalue weighted by atomic mass is 10.1. The zero-order chi connectivity index (χ0) is 8.01. The van der Waals surface area contributed by atoms with Crippen LogP contribution in [-0.2, 0) is 9.53 Å². The number of carbonyl (C=O) groups is 1. The van der Waals surface area contributed by atoms with Crippen molar-refractivity contribution in [3.8, 4) is 0 Å². The molecule has 1 aliphatic heterocycles. The fourth-order valence-electron chi connectivity index (χ4n) is 1.86. The van der Waals surface area contributed by atoms with Crippen molar-refractivity contribution in [2.45, 2.75) is 31.2 Å². The summed E-state index contributed by atoms with van der Waals surface area (Å²) in [6, 6.07) is 0. The van der Waals surface area contributed by atoms with Crippen molar-refractivity contribution in [2.24, 2.45) is 5.92 Å². The van der Waals surface area contributed by atoms with Crippen LogP contribution in [0.2, 0.25) is 0 Å². The van der Waals surface area contributed by atoms with Crippen molar-refractivity contribution in [1.82, 2.24) is 0 Å². The maximum Gasteiger partial charge on any atom is 0.306 e. The van der Waals surface area contributed by atoms with Gasteiger partial charge < -0.3 is 14.9 Å². The summed E-state index contributed by atoms with van der Waals surface area (Å²) in [5.41, 5.74) is 0. The molecule has 2 N–H and O–H groups in total. The van der Waals surface area contributed by atoms with E-state index in [1.165, 1.54) is 0 Å². The van der Waals surface area contributed by atoms with Crippen molar-refractivity contribution < 1.29 is 19.7 Å². The number of aliphatic hydroxyl groups excluding tert-OH is 2. The van der Waals surface area contributed by atoms with Gasteiger partial charge in [-0.25, -0.2) is 0 Å². The Morgan fingerprint density at radius 1 is 1.45 bits per heavy atom. The summed E-state index contributed by atoms with van der Waals surface area (Å²) in [5.74, 6) is -0.224. The van der Waals surface area contributed by atoms with Crippen LogP contribution in [0.3, 0.4) is 0 Å². The Bertz CT molecular complexity index is 191. The molecular weight excluding hydrogens is 148 g/mol. The van der Waals surface area contributed by atoms with Crippen LogP contribution in [0.25, 0.3) is 0 Å². The van der Waals surface area contributed by atoms with E-state index < -0.39 is 18.3 Å². The maximum atomic E-state index is 10.7. The Kier molecular flexibility index (Phi) is 1.40. The fourth-order valence-corrected chi connectivity index (χ4v) is 1.86. The number of aliphatic hydroxyl groups is 2. The normalized spacial score (nSPS) is 49.1. The van der Waals surface area contributed by atoms with Gasteiger partial charge in [0.05, 0.1) is 12.5 Å². The summed E-state index contributed by atoms with van der Waals surface area (Å²) in [7, 11) is 0. The van der Waals surface area contributed by atoms with Crippen LogP contribution in [0.4, 0.5) is 0 Å². The first-order valence-electron chi connectivity index (χ1n) is 3.74. The Morgan fingerprint density at radius 3 is 2.82 bits per heavy atom. The van der Waals surface area contributed by atoms with Gasteiger partial charge in [-0.3, -0.25) is 4.79 Å². The van der Waals surface area contributed by atoms with Crippen LogP contribution in [0, 0.1) is 5.92 Å². The maximum absolute atomic E-state index is 10.7. The van der Waals surface area contributed by atoms with E-state index in [1.54, 1.807) is 0 Å². The molecular formula is C7H10O4. The van der Waals surface area contributed by atoms with Gasteiger partial charge in [-0.05, 0) is 6.42 Å². The standard InChI is InChI=1S/C7H10O4/c8-4-1-3-2-5(9)11-7(3)6(4)10/h3-4,6-8,10H,1-2H2/t3-,4+,6+,7+/m1/s1. The lowest BCUT2D eigenvalue weighted by Crippen LogP contribution is -2.30. The lowest BCUT2D eigenvalue weighted by molar-refractivity contribution is -0.146. The van der Waals surface area contributed by atoms with Gasteiger partial charge in [0.1, 0.15) is 12.2 Å². The minimum atomic E-state index is -0.869. The molecule has 1 heterocycles. The van der Waals surface area contributed by atoms with Crippen molar-refractivity contribution in [3.63, 3.8) is 0 Å². The number of esters is 1. The molecule has 1 saturated carbocycles. The van der Waals surface area contributed by atoms with E-state index in [9.17, 15) is 9.90 Å². The Labute approximate surface area is 63.8 Å². The molecule has 0 amide bonds. The number of ether oxygens (including phenoxy) is 1. The van der Waals surface area contributed by atoms with Crippen LogP contribution in [0.1, 0.15) is 12.8 Å². The molecule has 1 aliphatic carbocycles. The molecule has 0 unspecified atom stereocenters.